The molecule has 1 fully saturated rings. The van der Waals surface area contributed by atoms with E-state index >= 15 is 0 Å². The third-order valence-corrected chi connectivity index (χ3v) is 5.75. The first-order valence-corrected chi connectivity index (χ1v) is 7.75. The van der Waals surface area contributed by atoms with Gasteiger partial charge in [-0.25, -0.2) is 8.42 Å². The summed E-state index contributed by atoms with van der Waals surface area (Å²) in [5.74, 6) is 0.163. The maximum atomic E-state index is 12.5. The minimum Gasteiger partial charge on any atom is -0.327 e. The summed E-state index contributed by atoms with van der Waals surface area (Å²) in [6.45, 7) is 2.88. The van der Waals surface area contributed by atoms with Crippen molar-refractivity contribution in [3.05, 3.63) is 29.3 Å². The molecule has 0 aromatic heterocycles. The Kier molecular flexibility index (Phi) is 5.65. The van der Waals surface area contributed by atoms with Gasteiger partial charge in [-0.2, -0.15) is 4.31 Å². The molecular weight excluding hydrogens is 307 g/mol. The topological polar surface area (TPSA) is 63.4 Å². The summed E-state index contributed by atoms with van der Waals surface area (Å²) in [4.78, 5) is 0.175. The van der Waals surface area contributed by atoms with Crippen LogP contribution in [0.15, 0.2) is 29.2 Å². The zero-order valence-electron chi connectivity index (χ0n) is 10.6. The lowest BCUT2D eigenvalue weighted by Gasteiger charge is -2.34. The second-order valence-corrected chi connectivity index (χ2v) is 7.04. The van der Waals surface area contributed by atoms with Crippen molar-refractivity contribution in [3.63, 3.8) is 0 Å². The van der Waals surface area contributed by atoms with E-state index < -0.39 is 10.0 Å². The van der Waals surface area contributed by atoms with Gasteiger partial charge in [-0.3, -0.25) is 0 Å². The number of halogens is 2. The molecule has 0 bridgehead atoms. The molecule has 1 aromatic rings. The van der Waals surface area contributed by atoms with Crippen molar-refractivity contribution in [2.45, 2.75) is 24.3 Å². The number of hydrogen-bond acceptors (Lipinski definition) is 3. The summed E-state index contributed by atoms with van der Waals surface area (Å²) in [6, 6.07) is 6.60. The van der Waals surface area contributed by atoms with Gasteiger partial charge in [0, 0.05) is 19.1 Å². The number of benzene rings is 1. The standard InChI is InChI=1S/C12H17ClN2O2S.ClH/c1-9-8-15(7-6-11(9)14)18(16,17)12-5-3-2-4-10(12)13;/h2-5,9,11H,6-8,14H2,1H3;1H. The second-order valence-electron chi connectivity index (χ2n) is 4.72. The molecular formula is C12H18Cl2N2O2S. The minimum absolute atomic E-state index is 0. The third-order valence-electron chi connectivity index (χ3n) is 3.39. The summed E-state index contributed by atoms with van der Waals surface area (Å²) in [7, 11) is -3.50. The SMILES string of the molecule is CC1CN(S(=O)(=O)c2ccccc2Cl)CCC1N.Cl. The van der Waals surface area contributed by atoms with E-state index in [9.17, 15) is 8.42 Å². The summed E-state index contributed by atoms with van der Waals surface area (Å²) >= 11 is 5.96. The van der Waals surface area contributed by atoms with Gasteiger partial charge >= 0.3 is 0 Å². The van der Waals surface area contributed by atoms with Gasteiger partial charge in [-0.05, 0) is 24.5 Å². The fourth-order valence-corrected chi connectivity index (χ4v) is 4.19. The van der Waals surface area contributed by atoms with Gasteiger partial charge in [0.15, 0.2) is 0 Å². The molecule has 1 saturated heterocycles. The highest BCUT2D eigenvalue weighted by atomic mass is 35.5. The molecule has 108 valence electrons. The van der Waals surface area contributed by atoms with Crippen molar-refractivity contribution in [2.24, 2.45) is 11.7 Å². The van der Waals surface area contributed by atoms with E-state index in [1.165, 1.54) is 10.4 Å². The molecule has 1 aliphatic heterocycles. The largest absolute Gasteiger partial charge is 0.327 e. The Balaban J connectivity index is 0.00000180. The van der Waals surface area contributed by atoms with E-state index in [1.807, 2.05) is 6.92 Å². The Bertz CT molecular complexity index is 536. The van der Waals surface area contributed by atoms with Crippen LogP contribution in [0, 0.1) is 5.92 Å². The average molecular weight is 325 g/mol. The Labute approximate surface area is 125 Å². The smallest absolute Gasteiger partial charge is 0.244 e. The molecule has 0 amide bonds. The van der Waals surface area contributed by atoms with Crippen LogP contribution in [0.2, 0.25) is 5.02 Å². The number of nitrogens with zero attached hydrogens (tertiary/aromatic N) is 1. The van der Waals surface area contributed by atoms with Gasteiger partial charge in [0.1, 0.15) is 4.90 Å². The van der Waals surface area contributed by atoms with Crippen LogP contribution in [0.25, 0.3) is 0 Å². The zero-order valence-corrected chi connectivity index (χ0v) is 13.0. The highest BCUT2D eigenvalue weighted by Crippen LogP contribution is 2.27. The van der Waals surface area contributed by atoms with Crippen molar-refractivity contribution >= 4 is 34.0 Å². The van der Waals surface area contributed by atoms with Gasteiger partial charge in [-0.15, -0.1) is 12.4 Å². The van der Waals surface area contributed by atoms with Crippen LogP contribution in [-0.2, 0) is 10.0 Å². The highest BCUT2D eigenvalue weighted by molar-refractivity contribution is 7.89. The Morgan fingerprint density at radius 2 is 2.00 bits per heavy atom. The lowest BCUT2D eigenvalue weighted by molar-refractivity contribution is 0.250. The number of rotatable bonds is 2. The van der Waals surface area contributed by atoms with Crippen LogP contribution in [0.3, 0.4) is 0 Å². The monoisotopic (exact) mass is 324 g/mol. The van der Waals surface area contributed by atoms with E-state index in [2.05, 4.69) is 0 Å². The lowest BCUT2D eigenvalue weighted by atomic mass is 9.96. The first-order chi connectivity index (χ1) is 8.43. The Hall–Kier alpha value is -0.330. The van der Waals surface area contributed by atoms with Crippen LogP contribution < -0.4 is 5.73 Å². The molecule has 0 saturated carbocycles. The molecule has 19 heavy (non-hydrogen) atoms. The average Bonchev–Trinajstić information content (AvgIpc) is 2.33. The molecule has 0 radical (unpaired) electrons. The molecule has 0 aliphatic carbocycles. The fourth-order valence-electron chi connectivity index (χ4n) is 2.14. The first-order valence-electron chi connectivity index (χ1n) is 5.93. The molecule has 4 nitrogen and oxygen atoms in total. The minimum atomic E-state index is -3.50. The van der Waals surface area contributed by atoms with Gasteiger partial charge in [-0.1, -0.05) is 30.7 Å². The van der Waals surface area contributed by atoms with E-state index in [-0.39, 0.29) is 34.3 Å². The highest BCUT2D eigenvalue weighted by Gasteiger charge is 2.32. The molecule has 1 aromatic carbocycles. The molecule has 2 N–H and O–H groups in total. The number of piperidine rings is 1. The molecule has 0 spiro atoms. The van der Waals surface area contributed by atoms with Gasteiger partial charge in [0.2, 0.25) is 10.0 Å². The number of hydrogen-bond donors (Lipinski definition) is 1. The Morgan fingerprint density at radius 3 is 2.58 bits per heavy atom. The van der Waals surface area contributed by atoms with Crippen LogP contribution in [0.5, 0.6) is 0 Å². The summed E-state index contributed by atoms with van der Waals surface area (Å²) in [6.07, 6.45) is 0.685. The van der Waals surface area contributed by atoms with Crippen molar-refractivity contribution in [1.82, 2.24) is 4.31 Å². The zero-order chi connectivity index (χ0) is 13.3. The van der Waals surface area contributed by atoms with Gasteiger partial charge in [0.05, 0.1) is 5.02 Å². The number of nitrogens with two attached hydrogens (primary N) is 1. The number of sulfonamides is 1. The summed E-state index contributed by atoms with van der Waals surface area (Å²) in [5, 5.41) is 0.264. The van der Waals surface area contributed by atoms with E-state index in [0.29, 0.717) is 19.5 Å². The second kappa shape index (κ2) is 6.41. The van der Waals surface area contributed by atoms with Crippen LogP contribution >= 0.6 is 24.0 Å². The van der Waals surface area contributed by atoms with E-state index in [0.717, 1.165) is 0 Å². The van der Waals surface area contributed by atoms with Crippen LogP contribution in [-0.4, -0.2) is 31.9 Å². The molecule has 2 rings (SSSR count). The maximum absolute atomic E-state index is 12.5. The van der Waals surface area contributed by atoms with Crippen molar-refractivity contribution < 1.29 is 8.42 Å². The van der Waals surface area contributed by atoms with Gasteiger partial charge in [0.25, 0.3) is 0 Å². The van der Waals surface area contributed by atoms with Crippen LogP contribution in [0.1, 0.15) is 13.3 Å². The predicted octanol–water partition coefficient (Wildman–Crippen LogP) is 2.12. The lowest BCUT2D eigenvalue weighted by Crippen LogP contribution is -2.48. The van der Waals surface area contributed by atoms with Gasteiger partial charge < -0.3 is 5.73 Å². The van der Waals surface area contributed by atoms with Crippen molar-refractivity contribution in [2.75, 3.05) is 13.1 Å². The first kappa shape index (κ1) is 16.7. The quantitative estimate of drug-likeness (QED) is 0.906. The molecule has 2 atom stereocenters. The van der Waals surface area contributed by atoms with Crippen molar-refractivity contribution in [1.29, 1.82) is 0 Å². The predicted molar refractivity (Wildman–Crippen MR) is 79.2 cm³/mol. The van der Waals surface area contributed by atoms with Crippen LogP contribution in [0.4, 0.5) is 0 Å². The normalized spacial score (nSPS) is 24.8. The Morgan fingerprint density at radius 1 is 1.37 bits per heavy atom. The summed E-state index contributed by atoms with van der Waals surface area (Å²) < 4.78 is 26.4. The third kappa shape index (κ3) is 3.41. The van der Waals surface area contributed by atoms with E-state index in [1.54, 1.807) is 18.2 Å². The summed E-state index contributed by atoms with van der Waals surface area (Å²) in [5.41, 5.74) is 5.90. The molecule has 1 heterocycles. The van der Waals surface area contributed by atoms with Crippen molar-refractivity contribution in [3.8, 4) is 0 Å². The fraction of sp³-hybridized carbons (Fsp3) is 0.500. The maximum Gasteiger partial charge on any atom is 0.244 e. The molecule has 7 heteroatoms. The molecule has 1 aliphatic rings. The molecule has 2 unspecified atom stereocenters. The van der Waals surface area contributed by atoms with E-state index in [4.69, 9.17) is 17.3 Å².